The van der Waals surface area contributed by atoms with Crippen molar-refractivity contribution in [3.63, 3.8) is 0 Å². The summed E-state index contributed by atoms with van der Waals surface area (Å²) in [4.78, 5) is -0.641. The molecular weight excluding hydrogens is 364 g/mol. The van der Waals surface area contributed by atoms with Gasteiger partial charge in [0.2, 0.25) is 9.84 Å². The largest absolute Gasteiger partial charge is 0.460 e. The van der Waals surface area contributed by atoms with Crippen LogP contribution in [-0.4, -0.2) is 31.3 Å². The van der Waals surface area contributed by atoms with Crippen LogP contribution in [0.2, 0.25) is 0 Å². The normalized spacial score (nSPS) is 21.0. The van der Waals surface area contributed by atoms with E-state index in [0.717, 1.165) is 12.2 Å². The molecule has 0 saturated carbocycles. The van der Waals surface area contributed by atoms with Crippen LogP contribution in [0.25, 0.3) is 0 Å². The van der Waals surface area contributed by atoms with Crippen LogP contribution in [0.1, 0.15) is 5.56 Å². The summed E-state index contributed by atoms with van der Waals surface area (Å²) in [6.45, 7) is -0.745. The van der Waals surface area contributed by atoms with Crippen LogP contribution in [0.5, 0.6) is 5.75 Å². The standard InChI is InChI=1S/C15H12ClF2NO4S/c16-14-11(8-20)13(24(21,22)15(17)18)5-4-12(14)23-10-3-1-2-9(6-10)7-19/h1-6,11,14-15,20H,8H2. The highest BCUT2D eigenvalue weighted by Crippen LogP contribution is 2.36. The van der Waals surface area contributed by atoms with E-state index in [1.54, 1.807) is 18.2 Å². The highest BCUT2D eigenvalue weighted by molar-refractivity contribution is 7.95. The first-order chi connectivity index (χ1) is 11.3. The Kier molecular flexibility index (Phi) is 5.59. The summed E-state index contributed by atoms with van der Waals surface area (Å²) >= 11 is 6.11. The number of benzene rings is 1. The number of aliphatic hydroxyl groups excluding tert-OH is 1. The summed E-state index contributed by atoms with van der Waals surface area (Å²) in [5.41, 5.74) is 0.338. The van der Waals surface area contributed by atoms with Crippen molar-refractivity contribution in [2.75, 3.05) is 6.61 Å². The maximum Gasteiger partial charge on any atom is 0.340 e. The summed E-state index contributed by atoms with van der Waals surface area (Å²) in [7, 11) is -4.86. The summed E-state index contributed by atoms with van der Waals surface area (Å²) in [5, 5.41) is 17.1. The first-order valence-corrected chi connectivity index (χ1v) is 8.66. The molecule has 2 rings (SSSR count). The van der Waals surface area contributed by atoms with Gasteiger partial charge in [-0.1, -0.05) is 6.07 Å². The average molecular weight is 376 g/mol. The number of nitriles is 1. The first kappa shape index (κ1) is 18.4. The Bertz CT molecular complexity index is 830. The number of nitrogens with zero attached hydrogens (tertiary/aromatic N) is 1. The van der Waals surface area contributed by atoms with Gasteiger partial charge in [0.05, 0.1) is 23.1 Å². The number of sulfone groups is 1. The summed E-state index contributed by atoms with van der Waals surface area (Å²) < 4.78 is 54.3. The van der Waals surface area contributed by atoms with Crippen LogP contribution in [-0.2, 0) is 9.84 Å². The van der Waals surface area contributed by atoms with Crippen molar-refractivity contribution in [2.45, 2.75) is 11.1 Å². The molecule has 1 aromatic rings. The van der Waals surface area contributed by atoms with Crippen LogP contribution in [0.15, 0.2) is 47.1 Å². The molecule has 9 heteroatoms. The van der Waals surface area contributed by atoms with Crippen molar-refractivity contribution in [3.8, 4) is 11.8 Å². The lowest BCUT2D eigenvalue weighted by Crippen LogP contribution is -2.32. The van der Waals surface area contributed by atoms with Crippen molar-refractivity contribution in [1.29, 1.82) is 5.26 Å². The fraction of sp³-hybridized carbons (Fsp3) is 0.267. The lowest BCUT2D eigenvalue weighted by Gasteiger charge is -2.27. The number of rotatable bonds is 5. The molecule has 0 spiro atoms. The van der Waals surface area contributed by atoms with Gasteiger partial charge in [-0.25, -0.2) is 8.42 Å². The molecule has 0 amide bonds. The van der Waals surface area contributed by atoms with E-state index in [9.17, 15) is 22.3 Å². The van der Waals surface area contributed by atoms with Crippen molar-refractivity contribution in [3.05, 3.63) is 52.6 Å². The van der Waals surface area contributed by atoms with E-state index in [0.29, 0.717) is 5.56 Å². The second-order valence-electron chi connectivity index (χ2n) is 4.88. The van der Waals surface area contributed by atoms with Gasteiger partial charge >= 0.3 is 5.76 Å². The van der Waals surface area contributed by atoms with E-state index in [2.05, 4.69) is 0 Å². The van der Waals surface area contributed by atoms with Gasteiger partial charge in [-0.05, 0) is 30.4 Å². The SMILES string of the molecule is N#Cc1cccc(OC2=CC=C(S(=O)(=O)C(F)F)C(CO)C2Cl)c1. The summed E-state index contributed by atoms with van der Waals surface area (Å²) in [6.07, 6.45) is 2.11. The number of allylic oxidation sites excluding steroid dienone is 3. The van der Waals surface area contributed by atoms with Crippen molar-refractivity contribution in [2.24, 2.45) is 5.92 Å². The predicted molar refractivity (Wildman–Crippen MR) is 83.1 cm³/mol. The molecule has 2 atom stereocenters. The Labute approximate surface area is 142 Å². The zero-order valence-electron chi connectivity index (χ0n) is 12.1. The van der Waals surface area contributed by atoms with Gasteiger partial charge in [-0.2, -0.15) is 14.0 Å². The fourth-order valence-electron chi connectivity index (χ4n) is 2.17. The third kappa shape index (κ3) is 3.59. The van der Waals surface area contributed by atoms with Gasteiger partial charge < -0.3 is 9.84 Å². The minimum Gasteiger partial charge on any atom is -0.460 e. The molecule has 128 valence electrons. The quantitative estimate of drug-likeness (QED) is 0.799. The van der Waals surface area contributed by atoms with Gasteiger partial charge in [-0.15, -0.1) is 11.6 Å². The number of halogens is 3. The minimum atomic E-state index is -4.86. The van der Waals surface area contributed by atoms with Crippen molar-refractivity contribution < 1.29 is 27.0 Å². The highest BCUT2D eigenvalue weighted by atomic mass is 35.5. The van der Waals surface area contributed by atoms with Crippen LogP contribution in [0.4, 0.5) is 8.78 Å². The molecule has 1 aliphatic carbocycles. The van der Waals surface area contributed by atoms with E-state index in [-0.39, 0.29) is 11.5 Å². The number of ether oxygens (including phenoxy) is 1. The van der Waals surface area contributed by atoms with Gasteiger partial charge in [0, 0.05) is 5.92 Å². The van der Waals surface area contributed by atoms with Crippen LogP contribution < -0.4 is 4.74 Å². The van der Waals surface area contributed by atoms with Gasteiger partial charge in [0.15, 0.2) is 0 Å². The number of hydrogen-bond acceptors (Lipinski definition) is 5. The Balaban J connectivity index is 2.37. The molecule has 24 heavy (non-hydrogen) atoms. The molecule has 1 N–H and O–H groups in total. The first-order valence-electron chi connectivity index (χ1n) is 6.68. The molecule has 0 heterocycles. The summed E-state index contributed by atoms with van der Waals surface area (Å²) in [6, 6.07) is 8.05. The average Bonchev–Trinajstić information content (AvgIpc) is 2.56. The van der Waals surface area contributed by atoms with Gasteiger partial charge in [0.25, 0.3) is 0 Å². The maximum atomic E-state index is 12.7. The fourth-order valence-corrected chi connectivity index (χ4v) is 3.67. The molecule has 0 fully saturated rings. The molecule has 1 aliphatic rings. The smallest absolute Gasteiger partial charge is 0.340 e. The number of alkyl halides is 3. The lowest BCUT2D eigenvalue weighted by atomic mass is 9.99. The molecule has 1 aromatic carbocycles. The highest BCUT2D eigenvalue weighted by Gasteiger charge is 2.40. The second-order valence-corrected chi connectivity index (χ2v) is 7.26. The Morgan fingerprint density at radius 1 is 1.38 bits per heavy atom. The molecule has 5 nitrogen and oxygen atoms in total. The molecule has 0 aromatic heterocycles. The summed E-state index contributed by atoms with van der Waals surface area (Å²) in [5.74, 6) is -4.51. The molecular formula is C15H12ClF2NO4S. The third-order valence-electron chi connectivity index (χ3n) is 3.36. The second kappa shape index (κ2) is 7.30. The third-order valence-corrected chi connectivity index (χ3v) is 5.45. The molecule has 0 saturated heterocycles. The number of hydrogen-bond donors (Lipinski definition) is 1. The van der Waals surface area contributed by atoms with E-state index < -0.39 is 38.4 Å². The van der Waals surface area contributed by atoms with E-state index in [4.69, 9.17) is 21.6 Å². The van der Waals surface area contributed by atoms with Crippen molar-refractivity contribution >= 4 is 21.4 Å². The minimum absolute atomic E-state index is 0.0824. The molecule has 0 aliphatic heterocycles. The maximum absolute atomic E-state index is 12.7. The van der Waals surface area contributed by atoms with Crippen LogP contribution in [0, 0.1) is 17.2 Å². The van der Waals surface area contributed by atoms with Gasteiger partial charge in [0.1, 0.15) is 16.9 Å². The zero-order chi connectivity index (χ0) is 17.9. The monoisotopic (exact) mass is 375 g/mol. The lowest BCUT2D eigenvalue weighted by molar-refractivity contribution is 0.225. The van der Waals surface area contributed by atoms with Crippen LogP contribution in [0.3, 0.4) is 0 Å². The van der Waals surface area contributed by atoms with E-state index in [1.165, 1.54) is 6.07 Å². The number of aliphatic hydroxyl groups is 1. The Morgan fingerprint density at radius 3 is 2.67 bits per heavy atom. The van der Waals surface area contributed by atoms with Gasteiger partial charge in [-0.3, -0.25) is 0 Å². The molecule has 2 unspecified atom stereocenters. The predicted octanol–water partition coefficient (Wildman–Crippen LogP) is 2.57. The topological polar surface area (TPSA) is 87.4 Å². The molecule has 0 bridgehead atoms. The zero-order valence-corrected chi connectivity index (χ0v) is 13.6. The Hall–Kier alpha value is -1.95. The molecule has 0 radical (unpaired) electrons. The van der Waals surface area contributed by atoms with Crippen molar-refractivity contribution in [1.82, 2.24) is 0 Å². The van der Waals surface area contributed by atoms with E-state index >= 15 is 0 Å². The van der Waals surface area contributed by atoms with Crippen LogP contribution >= 0.6 is 11.6 Å². The van der Waals surface area contributed by atoms with E-state index in [1.807, 2.05) is 6.07 Å². The Morgan fingerprint density at radius 2 is 2.08 bits per heavy atom.